The summed E-state index contributed by atoms with van der Waals surface area (Å²) >= 11 is 0. The molecule has 0 aliphatic heterocycles. The molecule has 2 N–H and O–H groups in total. The van der Waals surface area contributed by atoms with E-state index >= 15 is 0 Å². The maximum atomic E-state index is 10.9. The number of benzene rings is 1. The molecule has 0 saturated heterocycles. The Labute approximate surface area is 116 Å². The van der Waals surface area contributed by atoms with Crippen LogP contribution in [-0.4, -0.2) is 23.2 Å². The summed E-state index contributed by atoms with van der Waals surface area (Å²) in [5.74, 6) is -0.227. The van der Waals surface area contributed by atoms with Crippen LogP contribution in [0.2, 0.25) is 0 Å². The van der Waals surface area contributed by atoms with Gasteiger partial charge in [0.15, 0.2) is 0 Å². The van der Waals surface area contributed by atoms with Gasteiger partial charge in [-0.15, -0.1) is 0 Å². The quantitative estimate of drug-likeness (QED) is 0.794. The molecule has 3 nitrogen and oxygen atoms in total. The zero-order valence-electron chi connectivity index (χ0n) is 12.3. The van der Waals surface area contributed by atoms with Crippen LogP contribution in [0.4, 0.5) is 0 Å². The second-order valence-electron chi connectivity index (χ2n) is 5.72. The summed E-state index contributed by atoms with van der Waals surface area (Å²) in [6, 6.07) is 8.75. The van der Waals surface area contributed by atoms with E-state index in [0.717, 1.165) is 6.42 Å². The maximum Gasteiger partial charge on any atom is 0.304 e. The molecule has 1 aromatic rings. The molecule has 0 aromatic heterocycles. The standard InChI is InChI=1S/C16H25NO2/c1-11(2)14-7-5-13(6-8-14)9-15(10-16(18)19)17-12(3)4/h5-8,11-12,15,17H,9-10H2,1-4H3,(H,18,19). The van der Waals surface area contributed by atoms with Crippen molar-refractivity contribution in [2.75, 3.05) is 0 Å². The molecule has 1 atom stereocenters. The number of carboxylic acids is 1. The molecule has 1 rings (SSSR count). The Kier molecular flexibility index (Phi) is 6.03. The van der Waals surface area contributed by atoms with Crippen molar-refractivity contribution in [1.29, 1.82) is 0 Å². The summed E-state index contributed by atoms with van der Waals surface area (Å²) in [5.41, 5.74) is 2.50. The van der Waals surface area contributed by atoms with Gasteiger partial charge in [0.05, 0.1) is 6.42 Å². The first-order valence-corrected chi connectivity index (χ1v) is 6.95. The van der Waals surface area contributed by atoms with Crippen LogP contribution in [-0.2, 0) is 11.2 Å². The van der Waals surface area contributed by atoms with Crippen molar-refractivity contribution in [3.63, 3.8) is 0 Å². The fraction of sp³-hybridized carbons (Fsp3) is 0.562. The predicted octanol–water partition coefficient (Wildman–Crippen LogP) is 3.19. The number of nitrogens with one attached hydrogen (secondary N) is 1. The van der Waals surface area contributed by atoms with Crippen molar-refractivity contribution in [1.82, 2.24) is 5.32 Å². The Hall–Kier alpha value is -1.35. The third-order valence-corrected chi connectivity index (χ3v) is 3.12. The van der Waals surface area contributed by atoms with E-state index in [9.17, 15) is 4.79 Å². The van der Waals surface area contributed by atoms with E-state index in [4.69, 9.17) is 5.11 Å². The van der Waals surface area contributed by atoms with Crippen molar-refractivity contribution < 1.29 is 9.90 Å². The molecule has 0 heterocycles. The molecule has 0 amide bonds. The Morgan fingerprint density at radius 3 is 2.16 bits per heavy atom. The van der Waals surface area contributed by atoms with Gasteiger partial charge in [-0.25, -0.2) is 0 Å². The van der Waals surface area contributed by atoms with E-state index in [1.54, 1.807) is 0 Å². The average molecular weight is 263 g/mol. The Bertz CT molecular complexity index is 396. The fourth-order valence-corrected chi connectivity index (χ4v) is 2.20. The van der Waals surface area contributed by atoms with Crippen LogP contribution in [0.25, 0.3) is 0 Å². The molecule has 0 saturated carbocycles. The van der Waals surface area contributed by atoms with E-state index in [1.165, 1.54) is 11.1 Å². The second kappa shape index (κ2) is 7.29. The molecule has 0 bridgehead atoms. The molecule has 0 aliphatic carbocycles. The zero-order chi connectivity index (χ0) is 14.4. The van der Waals surface area contributed by atoms with Gasteiger partial charge in [-0.3, -0.25) is 4.79 Å². The number of hydrogen-bond acceptors (Lipinski definition) is 2. The van der Waals surface area contributed by atoms with E-state index < -0.39 is 5.97 Å². The largest absolute Gasteiger partial charge is 0.481 e. The second-order valence-corrected chi connectivity index (χ2v) is 5.72. The summed E-state index contributed by atoms with van der Waals surface area (Å²) in [6.07, 6.45) is 0.910. The Morgan fingerprint density at radius 1 is 1.16 bits per heavy atom. The van der Waals surface area contributed by atoms with E-state index in [-0.39, 0.29) is 12.5 Å². The molecule has 106 valence electrons. The van der Waals surface area contributed by atoms with Gasteiger partial charge in [-0.2, -0.15) is 0 Å². The van der Waals surface area contributed by atoms with Gasteiger partial charge < -0.3 is 10.4 Å². The van der Waals surface area contributed by atoms with Crippen LogP contribution >= 0.6 is 0 Å². The van der Waals surface area contributed by atoms with Crippen molar-refractivity contribution in [3.8, 4) is 0 Å². The number of carboxylic acid groups (broad SMARTS) is 1. The highest BCUT2D eigenvalue weighted by Crippen LogP contribution is 2.16. The third-order valence-electron chi connectivity index (χ3n) is 3.12. The first kappa shape index (κ1) is 15.7. The van der Waals surface area contributed by atoms with Gasteiger partial charge in [0, 0.05) is 12.1 Å². The Morgan fingerprint density at radius 2 is 1.74 bits per heavy atom. The third kappa shape index (κ3) is 5.88. The van der Waals surface area contributed by atoms with Crippen LogP contribution in [0, 0.1) is 0 Å². The van der Waals surface area contributed by atoms with Crippen LogP contribution in [0.5, 0.6) is 0 Å². The fourth-order valence-electron chi connectivity index (χ4n) is 2.20. The lowest BCUT2D eigenvalue weighted by Crippen LogP contribution is -2.38. The first-order valence-electron chi connectivity index (χ1n) is 6.95. The highest BCUT2D eigenvalue weighted by molar-refractivity contribution is 5.67. The molecular weight excluding hydrogens is 238 g/mol. The van der Waals surface area contributed by atoms with Gasteiger partial charge >= 0.3 is 5.97 Å². The number of aliphatic carboxylic acids is 1. The lowest BCUT2D eigenvalue weighted by atomic mass is 9.98. The molecule has 0 radical (unpaired) electrons. The number of carbonyl (C=O) groups is 1. The van der Waals surface area contributed by atoms with Gasteiger partial charge in [-0.05, 0) is 23.5 Å². The SMILES string of the molecule is CC(C)NC(CC(=O)O)Cc1ccc(C(C)C)cc1. The van der Waals surface area contributed by atoms with Crippen molar-refractivity contribution >= 4 is 5.97 Å². The van der Waals surface area contributed by atoms with Crippen molar-refractivity contribution in [3.05, 3.63) is 35.4 Å². The summed E-state index contributed by atoms with van der Waals surface area (Å²) in [6.45, 7) is 8.42. The normalized spacial score (nSPS) is 12.9. The minimum atomic E-state index is -0.753. The topological polar surface area (TPSA) is 49.3 Å². The van der Waals surface area contributed by atoms with E-state index in [0.29, 0.717) is 12.0 Å². The highest BCUT2D eigenvalue weighted by Gasteiger charge is 2.14. The molecule has 1 aromatic carbocycles. The maximum absolute atomic E-state index is 10.9. The Balaban J connectivity index is 2.69. The molecule has 0 aliphatic rings. The molecule has 0 spiro atoms. The van der Waals surface area contributed by atoms with E-state index in [2.05, 4.69) is 43.4 Å². The summed E-state index contributed by atoms with van der Waals surface area (Å²) in [5, 5.41) is 12.3. The first-order chi connectivity index (χ1) is 8.88. The lowest BCUT2D eigenvalue weighted by Gasteiger charge is -2.20. The van der Waals surface area contributed by atoms with Gasteiger partial charge in [-0.1, -0.05) is 52.0 Å². The van der Waals surface area contributed by atoms with Crippen LogP contribution < -0.4 is 5.32 Å². The van der Waals surface area contributed by atoms with Gasteiger partial charge in [0.1, 0.15) is 0 Å². The van der Waals surface area contributed by atoms with Crippen LogP contribution in [0.1, 0.15) is 51.2 Å². The van der Waals surface area contributed by atoms with Crippen molar-refractivity contribution in [2.45, 2.75) is 58.5 Å². The predicted molar refractivity (Wildman–Crippen MR) is 78.5 cm³/mol. The molecule has 3 heteroatoms. The average Bonchev–Trinajstić information content (AvgIpc) is 2.27. The summed E-state index contributed by atoms with van der Waals surface area (Å²) in [4.78, 5) is 10.9. The number of hydrogen-bond donors (Lipinski definition) is 2. The van der Waals surface area contributed by atoms with Gasteiger partial charge in [0.2, 0.25) is 0 Å². The lowest BCUT2D eigenvalue weighted by molar-refractivity contribution is -0.137. The van der Waals surface area contributed by atoms with Crippen molar-refractivity contribution in [2.24, 2.45) is 0 Å². The molecule has 0 fully saturated rings. The summed E-state index contributed by atoms with van der Waals surface area (Å²) in [7, 11) is 0. The number of rotatable bonds is 7. The smallest absolute Gasteiger partial charge is 0.304 e. The minimum absolute atomic E-state index is 0.0117. The molecule has 19 heavy (non-hydrogen) atoms. The molecular formula is C16H25NO2. The highest BCUT2D eigenvalue weighted by atomic mass is 16.4. The van der Waals surface area contributed by atoms with Crippen LogP contribution in [0.15, 0.2) is 24.3 Å². The minimum Gasteiger partial charge on any atom is -0.481 e. The summed E-state index contributed by atoms with van der Waals surface area (Å²) < 4.78 is 0. The monoisotopic (exact) mass is 263 g/mol. The zero-order valence-corrected chi connectivity index (χ0v) is 12.3. The van der Waals surface area contributed by atoms with E-state index in [1.807, 2.05) is 13.8 Å². The van der Waals surface area contributed by atoms with Gasteiger partial charge in [0.25, 0.3) is 0 Å². The van der Waals surface area contributed by atoms with Crippen LogP contribution in [0.3, 0.4) is 0 Å². The molecule has 1 unspecified atom stereocenters.